The number of alkyl halides is 1. The fourth-order valence-corrected chi connectivity index (χ4v) is 4.09. The van der Waals surface area contributed by atoms with Crippen LogP contribution < -0.4 is 0 Å². The molecule has 5 heteroatoms. The molecule has 1 heterocycles. The minimum Gasteiger partial charge on any atom is -0.326 e. The monoisotopic (exact) mass is 418 g/mol. The molecule has 1 atom stereocenters. The van der Waals surface area contributed by atoms with Crippen molar-refractivity contribution in [2.75, 3.05) is 0 Å². The van der Waals surface area contributed by atoms with Gasteiger partial charge in [-0.2, -0.15) is 0 Å². The van der Waals surface area contributed by atoms with Crippen LogP contribution in [0.4, 0.5) is 4.39 Å². The topological polar surface area (TPSA) is 17.8 Å². The highest BCUT2D eigenvalue weighted by Gasteiger charge is 2.54. The second-order valence-corrected chi connectivity index (χ2v) is 8.38. The molecule has 0 aliphatic heterocycles. The fraction of sp³-hybridized carbons (Fsp3) is 0.562. The minimum atomic E-state index is -0.172. The molecular formula is C16H17ClFIN2. The molecule has 2 nitrogen and oxygen atoms in total. The first-order valence-corrected chi connectivity index (χ1v) is 9.01. The summed E-state index contributed by atoms with van der Waals surface area (Å²) in [5.41, 5.74) is 2.19. The van der Waals surface area contributed by atoms with Crippen molar-refractivity contribution in [1.29, 1.82) is 0 Å². The smallest absolute Gasteiger partial charge is 0.138 e. The third-order valence-electron chi connectivity index (χ3n) is 4.98. The maximum atomic E-state index is 14.0. The van der Waals surface area contributed by atoms with Crippen LogP contribution in [0, 0.1) is 20.7 Å². The maximum Gasteiger partial charge on any atom is 0.138 e. The molecule has 2 aromatic rings. The Kier molecular flexibility index (Phi) is 3.27. The van der Waals surface area contributed by atoms with Gasteiger partial charge in [0.05, 0.1) is 20.0 Å². The van der Waals surface area contributed by atoms with Crippen LogP contribution in [0.2, 0.25) is 0 Å². The molecule has 1 aromatic heterocycles. The van der Waals surface area contributed by atoms with E-state index in [4.69, 9.17) is 11.6 Å². The lowest BCUT2D eigenvalue weighted by atomic mass is 10.0. The lowest BCUT2D eigenvalue weighted by molar-refractivity contribution is 0.369. The van der Waals surface area contributed by atoms with E-state index in [1.54, 1.807) is 6.07 Å². The summed E-state index contributed by atoms with van der Waals surface area (Å²) < 4.78 is 16.8. The van der Waals surface area contributed by atoms with Gasteiger partial charge in [0.25, 0.3) is 0 Å². The molecule has 0 radical (unpaired) electrons. The molecule has 2 aliphatic carbocycles. The van der Waals surface area contributed by atoms with Gasteiger partial charge < -0.3 is 4.57 Å². The first kappa shape index (κ1) is 14.2. The zero-order chi connectivity index (χ0) is 14.8. The molecule has 0 amide bonds. The molecule has 1 unspecified atom stereocenters. The number of fused-ring (bicyclic) bond motifs is 1. The van der Waals surface area contributed by atoms with E-state index in [9.17, 15) is 4.39 Å². The number of aromatic nitrogens is 2. The van der Waals surface area contributed by atoms with Crippen LogP contribution in [0.1, 0.15) is 43.8 Å². The molecule has 0 N–H and O–H groups in total. The van der Waals surface area contributed by atoms with E-state index < -0.39 is 0 Å². The van der Waals surface area contributed by atoms with Crippen LogP contribution in [0.15, 0.2) is 12.1 Å². The summed E-state index contributed by atoms with van der Waals surface area (Å²) in [5, 5.41) is -0.159. The molecule has 0 saturated heterocycles. The first-order valence-electron chi connectivity index (χ1n) is 7.49. The standard InChI is InChI=1S/C16H17ClFIN2/c1-9(17)15-20-13-7-12(19)11(18)6-14(13)21(15)8-16(4-5-16)10-2-3-10/h6-7,9-10H,2-5,8H2,1H3. The third-order valence-corrected chi connectivity index (χ3v) is 6.01. The molecule has 21 heavy (non-hydrogen) atoms. The largest absolute Gasteiger partial charge is 0.326 e. The Morgan fingerprint density at radius 2 is 2.19 bits per heavy atom. The van der Waals surface area contributed by atoms with Gasteiger partial charge in [0, 0.05) is 12.6 Å². The Labute approximate surface area is 142 Å². The SMILES string of the molecule is CC(Cl)c1nc2cc(I)c(F)cc2n1CC1(C2CC2)CC1. The average Bonchev–Trinajstić information content (AvgIpc) is 3.31. The van der Waals surface area contributed by atoms with Crippen LogP contribution in [0.25, 0.3) is 11.0 Å². The second-order valence-electron chi connectivity index (χ2n) is 6.56. The summed E-state index contributed by atoms with van der Waals surface area (Å²) >= 11 is 8.34. The van der Waals surface area contributed by atoms with Gasteiger partial charge >= 0.3 is 0 Å². The van der Waals surface area contributed by atoms with Crippen molar-refractivity contribution in [2.24, 2.45) is 11.3 Å². The normalized spacial score (nSPS) is 21.7. The van der Waals surface area contributed by atoms with Crippen LogP contribution >= 0.6 is 34.2 Å². The second kappa shape index (κ2) is 4.82. The summed E-state index contributed by atoms with van der Waals surface area (Å²) in [5.74, 6) is 1.57. The highest BCUT2D eigenvalue weighted by atomic mass is 127. The fourth-order valence-electron chi connectivity index (χ4n) is 3.48. The number of nitrogens with zero attached hydrogens (tertiary/aromatic N) is 2. The summed E-state index contributed by atoms with van der Waals surface area (Å²) in [7, 11) is 0. The molecule has 2 fully saturated rings. The van der Waals surface area contributed by atoms with Gasteiger partial charge in [0.2, 0.25) is 0 Å². The predicted octanol–water partition coefficient (Wildman–Crippen LogP) is 5.27. The molecule has 2 saturated carbocycles. The molecule has 4 rings (SSSR count). The summed E-state index contributed by atoms with van der Waals surface area (Å²) in [6.07, 6.45) is 5.29. The molecule has 1 aromatic carbocycles. The Balaban J connectivity index is 1.84. The lowest BCUT2D eigenvalue weighted by Crippen LogP contribution is -2.16. The molecule has 0 spiro atoms. The number of imidazole rings is 1. The van der Waals surface area contributed by atoms with Crippen LogP contribution in [0.3, 0.4) is 0 Å². The van der Waals surface area contributed by atoms with Crippen molar-refractivity contribution in [3.8, 4) is 0 Å². The van der Waals surface area contributed by atoms with Crippen molar-refractivity contribution < 1.29 is 4.39 Å². The van der Waals surface area contributed by atoms with Gasteiger partial charge in [-0.05, 0) is 72.6 Å². The first-order chi connectivity index (χ1) is 10.00. The lowest BCUT2D eigenvalue weighted by Gasteiger charge is -2.18. The average molecular weight is 419 g/mol. The Morgan fingerprint density at radius 3 is 2.76 bits per heavy atom. The summed E-state index contributed by atoms with van der Waals surface area (Å²) in [6, 6.07) is 3.44. The van der Waals surface area contributed by atoms with E-state index in [1.165, 1.54) is 25.7 Å². The van der Waals surface area contributed by atoms with Gasteiger partial charge in [0.15, 0.2) is 0 Å². The van der Waals surface area contributed by atoms with Gasteiger partial charge in [-0.25, -0.2) is 9.37 Å². The van der Waals surface area contributed by atoms with Gasteiger partial charge in [-0.1, -0.05) is 0 Å². The van der Waals surface area contributed by atoms with Gasteiger partial charge in [0.1, 0.15) is 11.6 Å². The Morgan fingerprint density at radius 1 is 1.48 bits per heavy atom. The summed E-state index contributed by atoms with van der Waals surface area (Å²) in [4.78, 5) is 4.67. The van der Waals surface area contributed by atoms with Crippen LogP contribution in [-0.4, -0.2) is 9.55 Å². The number of benzene rings is 1. The Bertz CT molecular complexity index is 717. The van der Waals surface area contributed by atoms with E-state index in [-0.39, 0.29) is 11.2 Å². The van der Waals surface area contributed by atoms with E-state index in [2.05, 4.69) is 9.55 Å². The molecule has 112 valence electrons. The minimum absolute atomic E-state index is 0.159. The maximum absolute atomic E-state index is 14.0. The molecule has 2 aliphatic rings. The van der Waals surface area contributed by atoms with Crippen LogP contribution in [-0.2, 0) is 6.54 Å². The predicted molar refractivity (Wildman–Crippen MR) is 91.1 cm³/mol. The third kappa shape index (κ3) is 2.38. The van der Waals surface area contributed by atoms with Crippen molar-refractivity contribution in [3.63, 3.8) is 0 Å². The highest BCUT2D eigenvalue weighted by molar-refractivity contribution is 14.1. The van der Waals surface area contributed by atoms with Gasteiger partial charge in [-0.3, -0.25) is 0 Å². The van der Waals surface area contributed by atoms with E-state index in [0.29, 0.717) is 8.99 Å². The van der Waals surface area contributed by atoms with Gasteiger partial charge in [-0.15, -0.1) is 11.6 Å². The van der Waals surface area contributed by atoms with Crippen molar-refractivity contribution in [2.45, 2.75) is 44.5 Å². The molecular weight excluding hydrogens is 402 g/mol. The van der Waals surface area contributed by atoms with Crippen molar-refractivity contribution in [3.05, 3.63) is 27.3 Å². The van der Waals surface area contributed by atoms with Crippen molar-refractivity contribution >= 4 is 45.2 Å². The number of halogens is 3. The van der Waals surface area contributed by atoms with Crippen LogP contribution in [0.5, 0.6) is 0 Å². The zero-order valence-corrected chi connectivity index (χ0v) is 14.8. The van der Waals surface area contributed by atoms with Crippen molar-refractivity contribution in [1.82, 2.24) is 9.55 Å². The molecule has 0 bridgehead atoms. The van der Waals surface area contributed by atoms with E-state index in [1.807, 2.05) is 35.6 Å². The van der Waals surface area contributed by atoms with E-state index >= 15 is 0 Å². The quantitative estimate of drug-likeness (QED) is 0.488. The van der Waals surface area contributed by atoms with E-state index in [0.717, 1.165) is 29.3 Å². The number of rotatable bonds is 4. The Hall–Kier alpha value is -0.360. The summed E-state index contributed by atoms with van der Waals surface area (Å²) in [6.45, 7) is 2.89. The zero-order valence-electron chi connectivity index (χ0n) is 11.9. The highest BCUT2D eigenvalue weighted by Crippen LogP contribution is 2.62. The number of hydrogen-bond acceptors (Lipinski definition) is 1. The number of hydrogen-bond donors (Lipinski definition) is 0.